The van der Waals surface area contributed by atoms with Crippen molar-refractivity contribution in [3.63, 3.8) is 0 Å². The Morgan fingerprint density at radius 2 is 1.00 bits per heavy atom. The van der Waals surface area contributed by atoms with Crippen molar-refractivity contribution >= 4 is 0 Å². The van der Waals surface area contributed by atoms with Gasteiger partial charge in [-0.1, -0.05) is 97.1 Å². The fraction of sp³-hybridized carbons (Fsp3) is 0.0909. The quantitative estimate of drug-likeness (QED) is 0.610. The molecule has 23 heavy (non-hydrogen) atoms. The lowest BCUT2D eigenvalue weighted by atomic mass is 9.96. The van der Waals surface area contributed by atoms with Crippen molar-refractivity contribution in [2.45, 2.75) is 12.1 Å². The first-order chi connectivity index (χ1) is 11.4. The van der Waals surface area contributed by atoms with Crippen LogP contribution >= 0.6 is 0 Å². The second-order valence-electron chi connectivity index (χ2n) is 5.55. The molecule has 1 atom stereocenters. The zero-order valence-electron chi connectivity index (χ0n) is 13.1. The normalized spacial score (nSPS) is 12.0. The molecule has 0 aromatic heterocycles. The van der Waals surface area contributed by atoms with Crippen molar-refractivity contribution in [1.82, 2.24) is 5.32 Å². The van der Waals surface area contributed by atoms with Gasteiger partial charge < -0.3 is 0 Å². The lowest BCUT2D eigenvalue weighted by molar-refractivity contribution is 0.552. The van der Waals surface area contributed by atoms with Gasteiger partial charge in [0.25, 0.3) is 0 Å². The molecule has 1 heteroatoms. The van der Waals surface area contributed by atoms with Gasteiger partial charge in [0.2, 0.25) is 0 Å². The second kappa shape index (κ2) is 7.57. The third-order valence-electron chi connectivity index (χ3n) is 4.01. The highest BCUT2D eigenvalue weighted by atomic mass is 14.9. The molecule has 0 aliphatic heterocycles. The summed E-state index contributed by atoms with van der Waals surface area (Å²) in [6.07, 6.45) is 1.97. The molecule has 1 unspecified atom stereocenters. The van der Waals surface area contributed by atoms with Crippen LogP contribution in [0.25, 0.3) is 0 Å². The molecule has 0 saturated heterocycles. The first kappa shape index (κ1) is 15.3. The van der Waals surface area contributed by atoms with Crippen LogP contribution < -0.4 is 5.32 Å². The summed E-state index contributed by atoms with van der Waals surface area (Å²) < 4.78 is 0. The van der Waals surface area contributed by atoms with Crippen LogP contribution in [0, 0.1) is 0 Å². The minimum atomic E-state index is 0.0987. The molecule has 1 N–H and O–H groups in total. The highest BCUT2D eigenvalue weighted by Gasteiger charge is 2.17. The molecular weight excluding hydrogens is 278 g/mol. The van der Waals surface area contributed by atoms with E-state index in [-0.39, 0.29) is 12.1 Å². The molecule has 0 radical (unpaired) electrons. The topological polar surface area (TPSA) is 12.0 Å². The summed E-state index contributed by atoms with van der Waals surface area (Å²) in [4.78, 5) is 0. The number of nitrogens with one attached hydrogen (secondary N) is 1. The van der Waals surface area contributed by atoms with Gasteiger partial charge in [-0.3, -0.25) is 5.32 Å². The van der Waals surface area contributed by atoms with E-state index in [0.717, 1.165) is 0 Å². The zero-order chi connectivity index (χ0) is 15.9. The second-order valence-corrected chi connectivity index (χ2v) is 5.55. The number of hydrogen-bond acceptors (Lipinski definition) is 1. The van der Waals surface area contributed by atoms with Gasteiger partial charge in [-0.05, 0) is 16.7 Å². The average molecular weight is 299 g/mol. The van der Waals surface area contributed by atoms with Crippen LogP contribution in [0.3, 0.4) is 0 Å². The van der Waals surface area contributed by atoms with Crippen molar-refractivity contribution in [2.24, 2.45) is 0 Å². The first-order valence-corrected chi connectivity index (χ1v) is 7.92. The van der Waals surface area contributed by atoms with Crippen molar-refractivity contribution in [1.29, 1.82) is 0 Å². The number of benzene rings is 3. The van der Waals surface area contributed by atoms with E-state index in [4.69, 9.17) is 0 Å². The molecule has 1 nitrogen and oxygen atoms in total. The molecule has 0 spiro atoms. The summed E-state index contributed by atoms with van der Waals surface area (Å²) in [6, 6.07) is 31.7. The standard InChI is InChI=1S/C22H21N/c1-2-21(18-12-6-3-7-13-18)23-22(19-14-8-4-9-15-19)20-16-10-5-11-17-20/h2-17,21-23H,1H2. The Morgan fingerprint density at radius 3 is 1.39 bits per heavy atom. The van der Waals surface area contributed by atoms with Gasteiger partial charge in [-0.2, -0.15) is 0 Å². The summed E-state index contributed by atoms with van der Waals surface area (Å²) in [5.74, 6) is 0. The van der Waals surface area contributed by atoms with Crippen LogP contribution in [-0.4, -0.2) is 0 Å². The molecule has 0 bridgehead atoms. The van der Waals surface area contributed by atoms with Gasteiger partial charge in [-0.15, -0.1) is 6.58 Å². The van der Waals surface area contributed by atoms with E-state index >= 15 is 0 Å². The van der Waals surface area contributed by atoms with Crippen molar-refractivity contribution in [3.8, 4) is 0 Å². The molecule has 0 saturated carbocycles. The molecule has 114 valence electrons. The largest absolute Gasteiger partial charge is 0.296 e. The number of rotatable bonds is 6. The summed E-state index contributed by atoms with van der Waals surface area (Å²) in [5.41, 5.74) is 3.72. The smallest absolute Gasteiger partial charge is 0.0583 e. The van der Waals surface area contributed by atoms with Gasteiger partial charge in [0.05, 0.1) is 12.1 Å². The lowest BCUT2D eigenvalue weighted by Crippen LogP contribution is -2.26. The van der Waals surface area contributed by atoms with E-state index in [9.17, 15) is 0 Å². The van der Waals surface area contributed by atoms with E-state index in [1.54, 1.807) is 0 Å². The maximum atomic E-state index is 4.02. The summed E-state index contributed by atoms with van der Waals surface area (Å²) in [6.45, 7) is 4.02. The Balaban J connectivity index is 1.94. The first-order valence-electron chi connectivity index (χ1n) is 7.92. The fourth-order valence-corrected chi connectivity index (χ4v) is 2.82. The van der Waals surface area contributed by atoms with Crippen molar-refractivity contribution in [3.05, 3.63) is 120 Å². The van der Waals surface area contributed by atoms with E-state index in [1.807, 2.05) is 24.3 Å². The third kappa shape index (κ3) is 3.77. The Labute approximate surface area is 138 Å². The average Bonchev–Trinajstić information content (AvgIpc) is 2.65. The van der Waals surface area contributed by atoms with Crippen LogP contribution in [0.1, 0.15) is 28.8 Å². The molecule has 3 rings (SSSR count). The minimum absolute atomic E-state index is 0.0987. The molecule has 0 aliphatic rings. The summed E-state index contributed by atoms with van der Waals surface area (Å²) in [5, 5.41) is 3.73. The highest BCUT2D eigenvalue weighted by Crippen LogP contribution is 2.26. The van der Waals surface area contributed by atoms with Gasteiger partial charge in [0, 0.05) is 0 Å². The zero-order valence-corrected chi connectivity index (χ0v) is 13.1. The van der Waals surface area contributed by atoms with E-state index < -0.39 is 0 Å². The van der Waals surface area contributed by atoms with Crippen LogP contribution in [0.4, 0.5) is 0 Å². The van der Waals surface area contributed by atoms with Crippen LogP contribution in [0.15, 0.2) is 104 Å². The predicted molar refractivity (Wildman–Crippen MR) is 97.2 cm³/mol. The van der Waals surface area contributed by atoms with Gasteiger partial charge in [-0.25, -0.2) is 0 Å². The van der Waals surface area contributed by atoms with Crippen LogP contribution in [-0.2, 0) is 0 Å². The molecule has 3 aromatic rings. The number of hydrogen-bond donors (Lipinski definition) is 1. The molecule has 0 aliphatic carbocycles. The Morgan fingerprint density at radius 1 is 0.609 bits per heavy atom. The van der Waals surface area contributed by atoms with E-state index in [1.165, 1.54) is 16.7 Å². The van der Waals surface area contributed by atoms with Crippen molar-refractivity contribution in [2.75, 3.05) is 0 Å². The Bertz CT molecular complexity index is 680. The monoisotopic (exact) mass is 299 g/mol. The fourth-order valence-electron chi connectivity index (χ4n) is 2.82. The van der Waals surface area contributed by atoms with Gasteiger partial charge in [0.15, 0.2) is 0 Å². The maximum Gasteiger partial charge on any atom is 0.0583 e. The van der Waals surface area contributed by atoms with E-state index in [0.29, 0.717) is 0 Å². The Hall–Kier alpha value is -2.64. The molecule has 0 heterocycles. The lowest BCUT2D eigenvalue weighted by Gasteiger charge is -2.25. The molecule has 0 amide bonds. The van der Waals surface area contributed by atoms with Crippen LogP contribution in [0.5, 0.6) is 0 Å². The van der Waals surface area contributed by atoms with Gasteiger partial charge >= 0.3 is 0 Å². The Kier molecular flexibility index (Phi) is 5.02. The van der Waals surface area contributed by atoms with Gasteiger partial charge in [0.1, 0.15) is 0 Å². The van der Waals surface area contributed by atoms with Crippen LogP contribution in [0.2, 0.25) is 0 Å². The maximum absolute atomic E-state index is 4.02. The summed E-state index contributed by atoms with van der Waals surface area (Å²) >= 11 is 0. The van der Waals surface area contributed by atoms with Crippen molar-refractivity contribution < 1.29 is 0 Å². The summed E-state index contributed by atoms with van der Waals surface area (Å²) in [7, 11) is 0. The third-order valence-corrected chi connectivity index (χ3v) is 4.01. The predicted octanol–water partition coefficient (Wildman–Crippen LogP) is 5.29. The molecule has 0 fully saturated rings. The SMILES string of the molecule is C=CC(NC(c1ccccc1)c1ccccc1)c1ccccc1. The molecule has 3 aromatic carbocycles. The van der Waals surface area contributed by atoms with E-state index in [2.05, 4.69) is 84.7 Å². The minimum Gasteiger partial charge on any atom is -0.296 e. The molecular formula is C22H21N. The highest BCUT2D eigenvalue weighted by molar-refractivity contribution is 5.33.